The highest BCUT2D eigenvalue weighted by molar-refractivity contribution is 7.88. The van der Waals surface area contributed by atoms with Gasteiger partial charge in [0.2, 0.25) is 21.8 Å². The Kier molecular flexibility index (Phi) is 8.76. The van der Waals surface area contributed by atoms with Crippen LogP contribution >= 0.6 is 0 Å². The van der Waals surface area contributed by atoms with Crippen LogP contribution in [0.25, 0.3) is 0 Å². The largest absolute Gasteiger partial charge is 0.354 e. The molecule has 0 heterocycles. The van der Waals surface area contributed by atoms with E-state index in [-0.39, 0.29) is 24.9 Å². The van der Waals surface area contributed by atoms with Crippen molar-refractivity contribution in [2.45, 2.75) is 26.4 Å². The Hall–Kier alpha value is -2.71. The van der Waals surface area contributed by atoms with E-state index in [0.29, 0.717) is 12.1 Å². The molecular formula is C23H31N3O4S. The first-order valence-electron chi connectivity index (χ1n) is 10.2. The van der Waals surface area contributed by atoms with Crippen molar-refractivity contribution in [2.24, 2.45) is 5.92 Å². The zero-order chi connectivity index (χ0) is 23.0. The molecule has 0 fully saturated rings. The fourth-order valence-corrected chi connectivity index (χ4v) is 3.36. The summed E-state index contributed by atoms with van der Waals surface area (Å²) in [6.07, 6.45) is 1.05. The number of nitrogens with one attached hydrogen (secondary N) is 1. The van der Waals surface area contributed by atoms with Gasteiger partial charge in [-0.05, 0) is 17.0 Å². The summed E-state index contributed by atoms with van der Waals surface area (Å²) in [5.41, 5.74) is 1.51. The molecule has 8 heteroatoms. The molecule has 2 amide bonds. The molecule has 2 rings (SSSR count). The lowest BCUT2D eigenvalue weighted by molar-refractivity contribution is -0.141. The Labute approximate surface area is 185 Å². The molecule has 2 aromatic rings. The van der Waals surface area contributed by atoms with E-state index >= 15 is 0 Å². The lowest BCUT2D eigenvalue weighted by Gasteiger charge is -2.32. The fraction of sp³-hybridized carbons (Fsp3) is 0.391. The number of nitrogens with zero attached hydrogens (tertiary/aromatic N) is 2. The average Bonchev–Trinajstić information content (AvgIpc) is 2.72. The number of likely N-dealkylation sites (N-methyl/N-ethyl adjacent to an activating group) is 1. The fourth-order valence-electron chi connectivity index (χ4n) is 3.01. The van der Waals surface area contributed by atoms with Gasteiger partial charge in [0.1, 0.15) is 6.04 Å². The van der Waals surface area contributed by atoms with Gasteiger partial charge in [-0.2, -0.15) is 4.31 Å². The topological polar surface area (TPSA) is 86.8 Å². The second-order valence-corrected chi connectivity index (χ2v) is 10.1. The summed E-state index contributed by atoms with van der Waals surface area (Å²) in [6.45, 7) is 4.27. The van der Waals surface area contributed by atoms with Gasteiger partial charge in [0.15, 0.2) is 0 Å². The Morgan fingerprint density at radius 1 is 0.968 bits per heavy atom. The predicted molar refractivity (Wildman–Crippen MR) is 121 cm³/mol. The first-order chi connectivity index (χ1) is 14.6. The SMILES string of the molecule is CC(C)CNC(=O)[C@@H](c1ccccc1)N(Cc1ccccc1)C(=O)CN(C)S(C)(=O)=O. The van der Waals surface area contributed by atoms with Crippen LogP contribution in [0.2, 0.25) is 0 Å². The summed E-state index contributed by atoms with van der Waals surface area (Å²) in [7, 11) is -2.20. The van der Waals surface area contributed by atoms with Gasteiger partial charge >= 0.3 is 0 Å². The van der Waals surface area contributed by atoms with Crippen LogP contribution in [0.4, 0.5) is 0 Å². The summed E-state index contributed by atoms with van der Waals surface area (Å²) >= 11 is 0. The van der Waals surface area contributed by atoms with Gasteiger partial charge < -0.3 is 10.2 Å². The first-order valence-corrected chi connectivity index (χ1v) is 12.0. The summed E-state index contributed by atoms with van der Waals surface area (Å²) in [5, 5.41) is 2.92. The summed E-state index contributed by atoms with van der Waals surface area (Å²) < 4.78 is 24.7. The monoisotopic (exact) mass is 445 g/mol. The van der Waals surface area contributed by atoms with Crippen LogP contribution in [0.15, 0.2) is 60.7 Å². The number of carbonyl (C=O) groups excluding carboxylic acids is 2. The van der Waals surface area contributed by atoms with E-state index < -0.39 is 22.0 Å². The van der Waals surface area contributed by atoms with Crippen molar-refractivity contribution in [1.82, 2.24) is 14.5 Å². The Bertz CT molecular complexity index is 963. The molecule has 2 aromatic carbocycles. The molecule has 0 saturated heterocycles. The van der Waals surface area contributed by atoms with E-state index in [0.717, 1.165) is 16.1 Å². The zero-order valence-corrected chi connectivity index (χ0v) is 19.3. The molecule has 168 valence electrons. The number of sulfonamides is 1. The van der Waals surface area contributed by atoms with Gasteiger partial charge in [0.25, 0.3) is 0 Å². The van der Waals surface area contributed by atoms with Crippen molar-refractivity contribution in [1.29, 1.82) is 0 Å². The van der Waals surface area contributed by atoms with Gasteiger partial charge in [0, 0.05) is 20.1 Å². The van der Waals surface area contributed by atoms with Crippen molar-refractivity contribution in [3.63, 3.8) is 0 Å². The quantitative estimate of drug-likeness (QED) is 0.609. The Morgan fingerprint density at radius 3 is 2.03 bits per heavy atom. The minimum absolute atomic E-state index is 0.173. The van der Waals surface area contributed by atoms with E-state index in [4.69, 9.17) is 0 Å². The highest BCUT2D eigenvalue weighted by Crippen LogP contribution is 2.24. The van der Waals surface area contributed by atoms with Crippen molar-refractivity contribution in [3.05, 3.63) is 71.8 Å². The maximum absolute atomic E-state index is 13.3. The highest BCUT2D eigenvalue weighted by atomic mass is 32.2. The smallest absolute Gasteiger partial charge is 0.247 e. The molecule has 1 atom stereocenters. The molecule has 0 aliphatic heterocycles. The number of benzene rings is 2. The maximum Gasteiger partial charge on any atom is 0.247 e. The third-order valence-electron chi connectivity index (χ3n) is 4.80. The van der Waals surface area contributed by atoms with Crippen LogP contribution in [0, 0.1) is 5.92 Å². The van der Waals surface area contributed by atoms with Crippen LogP contribution in [0.3, 0.4) is 0 Å². The molecule has 0 radical (unpaired) electrons. The van der Waals surface area contributed by atoms with Gasteiger partial charge in [-0.3, -0.25) is 9.59 Å². The zero-order valence-electron chi connectivity index (χ0n) is 18.5. The second-order valence-electron chi connectivity index (χ2n) is 7.98. The average molecular weight is 446 g/mol. The van der Waals surface area contributed by atoms with Gasteiger partial charge in [-0.1, -0.05) is 74.5 Å². The van der Waals surface area contributed by atoms with Crippen molar-refractivity contribution in [3.8, 4) is 0 Å². The van der Waals surface area contributed by atoms with E-state index in [1.54, 1.807) is 12.1 Å². The summed E-state index contributed by atoms with van der Waals surface area (Å²) in [5.74, 6) is -0.508. The first kappa shape index (κ1) is 24.6. The van der Waals surface area contributed by atoms with Crippen molar-refractivity contribution in [2.75, 3.05) is 26.4 Å². The number of hydrogen-bond acceptors (Lipinski definition) is 4. The van der Waals surface area contributed by atoms with Gasteiger partial charge in [0.05, 0.1) is 12.8 Å². The molecule has 0 unspecified atom stereocenters. The minimum atomic E-state index is -3.55. The molecule has 0 bridgehead atoms. The molecule has 1 N–H and O–H groups in total. The molecule has 7 nitrogen and oxygen atoms in total. The van der Waals surface area contributed by atoms with Crippen LogP contribution in [0.1, 0.15) is 31.0 Å². The van der Waals surface area contributed by atoms with E-state index in [1.165, 1.54) is 11.9 Å². The van der Waals surface area contributed by atoms with Gasteiger partial charge in [-0.25, -0.2) is 8.42 Å². The number of rotatable bonds is 10. The van der Waals surface area contributed by atoms with Crippen molar-refractivity contribution >= 4 is 21.8 Å². The highest BCUT2D eigenvalue weighted by Gasteiger charge is 2.32. The standard InChI is InChI=1S/C23H31N3O4S/c1-18(2)15-24-23(28)22(20-13-9-6-10-14-20)26(16-19-11-7-5-8-12-19)21(27)17-25(3)31(4,29)30/h5-14,18,22H,15-17H2,1-4H3,(H,24,28)/t22-/m1/s1. The Balaban J connectivity index is 2.46. The molecule has 0 aliphatic rings. The molecule has 0 aromatic heterocycles. The van der Waals surface area contributed by atoms with Crippen LogP contribution in [-0.4, -0.2) is 55.8 Å². The molecule has 0 aliphatic carbocycles. The molecule has 0 spiro atoms. The van der Waals surface area contributed by atoms with Gasteiger partial charge in [-0.15, -0.1) is 0 Å². The predicted octanol–water partition coefficient (Wildman–Crippen LogP) is 2.42. The van der Waals surface area contributed by atoms with E-state index in [1.807, 2.05) is 62.4 Å². The second kappa shape index (κ2) is 11.1. The molecule has 0 saturated carbocycles. The van der Waals surface area contributed by atoms with E-state index in [9.17, 15) is 18.0 Å². The minimum Gasteiger partial charge on any atom is -0.354 e. The van der Waals surface area contributed by atoms with Crippen LogP contribution in [-0.2, 0) is 26.2 Å². The third kappa shape index (κ3) is 7.48. The van der Waals surface area contributed by atoms with Crippen LogP contribution in [0.5, 0.6) is 0 Å². The lowest BCUT2D eigenvalue weighted by Crippen LogP contribution is -2.47. The van der Waals surface area contributed by atoms with E-state index in [2.05, 4.69) is 5.32 Å². The maximum atomic E-state index is 13.3. The lowest BCUT2D eigenvalue weighted by atomic mass is 10.0. The Morgan fingerprint density at radius 2 is 1.52 bits per heavy atom. The summed E-state index contributed by atoms with van der Waals surface area (Å²) in [6, 6.07) is 17.5. The molecule has 31 heavy (non-hydrogen) atoms. The third-order valence-corrected chi connectivity index (χ3v) is 6.06. The number of hydrogen-bond donors (Lipinski definition) is 1. The van der Waals surface area contributed by atoms with Crippen molar-refractivity contribution < 1.29 is 18.0 Å². The molecular weight excluding hydrogens is 414 g/mol. The summed E-state index contributed by atoms with van der Waals surface area (Å²) in [4.78, 5) is 28.0. The number of carbonyl (C=O) groups is 2. The normalized spacial score (nSPS) is 12.6. The number of amides is 2. The van der Waals surface area contributed by atoms with Crippen LogP contribution < -0.4 is 5.32 Å².